The molecule has 0 aliphatic heterocycles. The van der Waals surface area contributed by atoms with Crippen LogP contribution >= 0.6 is 0 Å². The Morgan fingerprint density at radius 2 is 1.95 bits per heavy atom. The molecule has 21 heavy (non-hydrogen) atoms. The van der Waals surface area contributed by atoms with Gasteiger partial charge in [0.1, 0.15) is 0 Å². The van der Waals surface area contributed by atoms with Gasteiger partial charge < -0.3 is 9.88 Å². The molecule has 0 bridgehead atoms. The third kappa shape index (κ3) is 4.19. The third-order valence-electron chi connectivity index (χ3n) is 4.22. The van der Waals surface area contributed by atoms with Crippen LogP contribution in [0.15, 0.2) is 10.9 Å². The van der Waals surface area contributed by atoms with Crippen LogP contribution < -0.4 is 10.9 Å². The van der Waals surface area contributed by atoms with E-state index in [4.69, 9.17) is 0 Å². The first-order valence-electron chi connectivity index (χ1n) is 8.44. The molecule has 0 saturated carbocycles. The summed E-state index contributed by atoms with van der Waals surface area (Å²) in [5.74, 6) is 1.25. The second-order valence-corrected chi connectivity index (χ2v) is 7.16. The largest absolute Gasteiger partial charge is 0.312 e. The van der Waals surface area contributed by atoms with Gasteiger partial charge in [0.25, 0.3) is 5.56 Å². The number of nitrogens with one attached hydrogen (secondary N) is 1. The molecule has 1 aromatic rings. The lowest BCUT2D eigenvalue weighted by Gasteiger charge is -2.16. The second kappa shape index (κ2) is 7.26. The fourth-order valence-corrected chi connectivity index (χ4v) is 3.03. The van der Waals surface area contributed by atoms with Crippen LogP contribution in [0.25, 0.3) is 0 Å². The zero-order valence-corrected chi connectivity index (χ0v) is 14.0. The van der Waals surface area contributed by atoms with Gasteiger partial charge in [-0.05, 0) is 55.7 Å². The number of nitrogens with zero attached hydrogens (tertiary/aromatic N) is 1. The molecule has 118 valence electrons. The van der Waals surface area contributed by atoms with E-state index in [2.05, 4.69) is 43.6 Å². The lowest BCUT2D eigenvalue weighted by Crippen LogP contribution is -2.31. The van der Waals surface area contributed by atoms with Gasteiger partial charge in [0, 0.05) is 24.3 Å². The van der Waals surface area contributed by atoms with Crippen molar-refractivity contribution < 1.29 is 0 Å². The number of hydrogen-bond acceptors (Lipinski definition) is 2. The molecule has 0 aromatic carbocycles. The Morgan fingerprint density at radius 3 is 2.62 bits per heavy atom. The molecule has 1 N–H and O–H groups in total. The van der Waals surface area contributed by atoms with Gasteiger partial charge >= 0.3 is 0 Å². The van der Waals surface area contributed by atoms with E-state index in [1.54, 1.807) is 0 Å². The molecule has 0 amide bonds. The molecule has 0 atom stereocenters. The standard InChI is InChI=1S/C18H30N2O/c1-13(2)8-9-20-17-7-5-6-15(17)10-16(18(20)21)12-19-11-14(3)4/h10,13-14,19H,5-9,11-12H2,1-4H3. The number of rotatable bonds is 7. The number of fused-ring (bicyclic) bond motifs is 1. The average molecular weight is 290 g/mol. The van der Waals surface area contributed by atoms with E-state index < -0.39 is 0 Å². The highest BCUT2D eigenvalue weighted by molar-refractivity contribution is 5.30. The smallest absolute Gasteiger partial charge is 0.255 e. The molecule has 3 heteroatoms. The van der Waals surface area contributed by atoms with E-state index in [0.29, 0.717) is 18.4 Å². The van der Waals surface area contributed by atoms with Crippen molar-refractivity contribution in [2.24, 2.45) is 11.8 Å². The number of aryl methyl sites for hydroxylation is 1. The van der Waals surface area contributed by atoms with E-state index in [9.17, 15) is 4.79 Å². The van der Waals surface area contributed by atoms with Gasteiger partial charge in [-0.15, -0.1) is 0 Å². The molecule has 1 aliphatic rings. The molecular weight excluding hydrogens is 260 g/mol. The second-order valence-electron chi connectivity index (χ2n) is 7.16. The Bertz CT molecular complexity index is 529. The summed E-state index contributed by atoms with van der Waals surface area (Å²) in [6, 6.07) is 2.16. The lowest BCUT2D eigenvalue weighted by molar-refractivity contribution is 0.493. The van der Waals surface area contributed by atoms with E-state index in [0.717, 1.165) is 37.9 Å². The van der Waals surface area contributed by atoms with E-state index in [-0.39, 0.29) is 5.56 Å². The highest BCUT2D eigenvalue weighted by Crippen LogP contribution is 2.22. The maximum atomic E-state index is 12.7. The molecule has 0 unspecified atom stereocenters. The van der Waals surface area contributed by atoms with Crippen LogP contribution in [0, 0.1) is 11.8 Å². The fraction of sp³-hybridized carbons (Fsp3) is 0.722. The quantitative estimate of drug-likeness (QED) is 0.837. The van der Waals surface area contributed by atoms with Crippen LogP contribution in [-0.4, -0.2) is 11.1 Å². The minimum Gasteiger partial charge on any atom is -0.312 e. The Morgan fingerprint density at radius 1 is 1.19 bits per heavy atom. The van der Waals surface area contributed by atoms with Crippen molar-refractivity contribution in [3.05, 3.63) is 33.2 Å². The molecule has 0 saturated heterocycles. The zero-order valence-electron chi connectivity index (χ0n) is 14.0. The van der Waals surface area contributed by atoms with Gasteiger partial charge in [0.2, 0.25) is 0 Å². The number of pyridine rings is 1. The average Bonchev–Trinajstić information content (AvgIpc) is 2.85. The van der Waals surface area contributed by atoms with Crippen LogP contribution in [0.5, 0.6) is 0 Å². The Kier molecular flexibility index (Phi) is 5.63. The summed E-state index contributed by atoms with van der Waals surface area (Å²) in [4.78, 5) is 12.7. The van der Waals surface area contributed by atoms with Gasteiger partial charge in [0.15, 0.2) is 0 Å². The van der Waals surface area contributed by atoms with Gasteiger partial charge in [-0.1, -0.05) is 27.7 Å². The first-order valence-corrected chi connectivity index (χ1v) is 8.44. The molecule has 0 radical (unpaired) electrons. The first-order chi connectivity index (χ1) is 9.99. The van der Waals surface area contributed by atoms with Crippen molar-refractivity contribution in [1.29, 1.82) is 0 Å². The Hall–Kier alpha value is -1.09. The predicted octanol–water partition coefficient (Wildman–Crippen LogP) is 3.13. The molecule has 1 aliphatic carbocycles. The van der Waals surface area contributed by atoms with Crippen molar-refractivity contribution in [1.82, 2.24) is 9.88 Å². The van der Waals surface area contributed by atoms with Crippen molar-refractivity contribution >= 4 is 0 Å². The highest BCUT2D eigenvalue weighted by Gasteiger charge is 2.18. The van der Waals surface area contributed by atoms with Crippen LogP contribution in [0.4, 0.5) is 0 Å². The van der Waals surface area contributed by atoms with Crippen LogP contribution in [0.1, 0.15) is 57.4 Å². The van der Waals surface area contributed by atoms with Crippen molar-refractivity contribution in [2.45, 2.75) is 66.5 Å². The monoisotopic (exact) mass is 290 g/mol. The molecule has 3 nitrogen and oxygen atoms in total. The van der Waals surface area contributed by atoms with Crippen LogP contribution in [0.3, 0.4) is 0 Å². The number of aromatic nitrogens is 1. The SMILES string of the molecule is CC(C)CCn1c2c(cc(CNCC(C)C)c1=O)CCC2. The highest BCUT2D eigenvalue weighted by atomic mass is 16.1. The summed E-state index contributed by atoms with van der Waals surface area (Å²) in [5, 5.41) is 3.41. The van der Waals surface area contributed by atoms with Gasteiger partial charge in [-0.25, -0.2) is 0 Å². The van der Waals surface area contributed by atoms with Gasteiger partial charge in [0.05, 0.1) is 0 Å². The van der Waals surface area contributed by atoms with E-state index in [1.807, 2.05) is 0 Å². The minimum atomic E-state index is 0.229. The minimum absolute atomic E-state index is 0.229. The van der Waals surface area contributed by atoms with Crippen LogP contribution in [0.2, 0.25) is 0 Å². The summed E-state index contributed by atoms with van der Waals surface area (Å²) in [6.07, 6.45) is 4.48. The van der Waals surface area contributed by atoms with Crippen LogP contribution in [-0.2, 0) is 25.9 Å². The Balaban J connectivity index is 2.22. The fourth-order valence-electron chi connectivity index (χ4n) is 3.03. The summed E-state index contributed by atoms with van der Waals surface area (Å²) in [5.41, 5.74) is 3.88. The predicted molar refractivity (Wildman–Crippen MR) is 88.7 cm³/mol. The zero-order chi connectivity index (χ0) is 15.4. The molecule has 0 spiro atoms. The van der Waals surface area contributed by atoms with E-state index in [1.165, 1.54) is 17.7 Å². The van der Waals surface area contributed by atoms with Crippen molar-refractivity contribution in [2.75, 3.05) is 6.54 Å². The topological polar surface area (TPSA) is 34.0 Å². The maximum Gasteiger partial charge on any atom is 0.255 e. The normalized spacial score (nSPS) is 14.2. The number of hydrogen-bond donors (Lipinski definition) is 1. The summed E-state index contributed by atoms with van der Waals surface area (Å²) in [7, 11) is 0. The maximum absolute atomic E-state index is 12.7. The van der Waals surface area contributed by atoms with E-state index >= 15 is 0 Å². The summed E-state index contributed by atoms with van der Waals surface area (Å²) in [6.45, 7) is 11.4. The summed E-state index contributed by atoms with van der Waals surface area (Å²) < 4.78 is 2.06. The van der Waals surface area contributed by atoms with Crippen molar-refractivity contribution in [3.63, 3.8) is 0 Å². The molecule has 2 rings (SSSR count). The van der Waals surface area contributed by atoms with Crippen molar-refractivity contribution in [3.8, 4) is 0 Å². The first kappa shape index (κ1) is 16.3. The lowest BCUT2D eigenvalue weighted by atomic mass is 10.1. The molecule has 0 fully saturated rings. The third-order valence-corrected chi connectivity index (χ3v) is 4.22. The Labute approximate surface area is 128 Å². The molecular formula is C18H30N2O. The summed E-state index contributed by atoms with van der Waals surface area (Å²) >= 11 is 0. The van der Waals surface area contributed by atoms with Gasteiger partial charge in [-0.2, -0.15) is 0 Å². The molecule has 1 heterocycles. The van der Waals surface area contributed by atoms with Gasteiger partial charge in [-0.3, -0.25) is 4.79 Å². The molecule has 1 aromatic heterocycles.